The fourth-order valence-corrected chi connectivity index (χ4v) is 2.53. The van der Waals surface area contributed by atoms with Gasteiger partial charge in [-0.3, -0.25) is 0 Å². The minimum atomic E-state index is -4.79. The molecule has 2 rings (SSSR count). The Morgan fingerprint density at radius 3 is 2.34 bits per heavy atom. The van der Waals surface area contributed by atoms with Gasteiger partial charge < -0.3 is 10.2 Å². The third-order valence-electron chi connectivity index (χ3n) is 4.18. The summed E-state index contributed by atoms with van der Waals surface area (Å²) in [5, 5.41) is 9.21. The molecule has 2 aromatic carbocycles. The van der Waals surface area contributed by atoms with Crippen LogP contribution >= 0.6 is 0 Å². The fraction of sp³-hybridized carbons (Fsp3) is 0.263. The van der Waals surface area contributed by atoms with Gasteiger partial charge in [-0.1, -0.05) is 28.6 Å². The number of nitrogens with one attached hydrogen (secondary N) is 2. The molecule has 13 heteroatoms. The summed E-state index contributed by atoms with van der Waals surface area (Å²) >= 11 is 0. The van der Waals surface area contributed by atoms with E-state index in [1.807, 2.05) is 0 Å². The van der Waals surface area contributed by atoms with Gasteiger partial charge in [0.05, 0.1) is 16.8 Å². The molecule has 0 saturated carbocycles. The van der Waals surface area contributed by atoms with Gasteiger partial charge in [-0.15, -0.1) is 0 Å². The maximum Gasteiger partial charge on any atom is 0.416 e. The quantitative estimate of drug-likeness (QED) is 0.236. The Labute approximate surface area is 178 Å². The molecule has 0 aliphatic heterocycles. The topological polar surface area (TPSA) is 90.1 Å². The Balaban J connectivity index is 2.31. The van der Waals surface area contributed by atoms with Gasteiger partial charge in [0.25, 0.3) is 0 Å². The third kappa shape index (κ3) is 6.18. The van der Waals surface area contributed by atoms with E-state index in [1.165, 1.54) is 19.1 Å². The molecule has 0 saturated heterocycles. The lowest BCUT2D eigenvalue weighted by atomic mass is 10.1. The number of benzene rings is 2. The summed E-state index contributed by atoms with van der Waals surface area (Å²) in [5.41, 5.74) is 4.11. The van der Waals surface area contributed by atoms with Crippen LogP contribution in [0.3, 0.4) is 0 Å². The van der Waals surface area contributed by atoms with E-state index in [4.69, 9.17) is 10.4 Å². The molecule has 0 aliphatic carbocycles. The first-order valence-electron chi connectivity index (χ1n) is 8.80. The van der Waals surface area contributed by atoms with Gasteiger partial charge in [-0.25, -0.2) is 4.79 Å². The van der Waals surface area contributed by atoms with Crippen LogP contribution in [0.1, 0.15) is 29.2 Å². The van der Waals surface area contributed by atoms with Crippen LogP contribution in [0.25, 0.3) is 0 Å². The zero-order valence-electron chi connectivity index (χ0n) is 16.7. The van der Waals surface area contributed by atoms with Crippen molar-refractivity contribution in [1.29, 1.82) is 5.53 Å². The molecule has 32 heavy (non-hydrogen) atoms. The second kappa shape index (κ2) is 9.66. The number of rotatable bonds is 6. The van der Waals surface area contributed by atoms with E-state index in [2.05, 4.69) is 15.7 Å². The highest BCUT2D eigenvalue weighted by molar-refractivity contribution is 5.98. The van der Waals surface area contributed by atoms with E-state index in [-0.39, 0.29) is 17.0 Å². The number of alkyl halides is 6. The van der Waals surface area contributed by atoms with Crippen molar-refractivity contribution < 1.29 is 36.0 Å². The molecule has 0 atom stereocenters. The van der Waals surface area contributed by atoms with E-state index in [0.29, 0.717) is 5.01 Å². The number of nitrogens with zero attached hydrogens (tertiary/aromatic N) is 3. The molecule has 2 N–H and O–H groups in total. The van der Waals surface area contributed by atoms with Crippen molar-refractivity contribution in [2.24, 2.45) is 10.4 Å². The van der Waals surface area contributed by atoms with E-state index >= 15 is 0 Å². The molecular weight excluding hydrogens is 444 g/mol. The first-order chi connectivity index (χ1) is 14.8. The van der Waals surface area contributed by atoms with Gasteiger partial charge in [0.2, 0.25) is 0 Å². The molecule has 0 fully saturated rings. The summed E-state index contributed by atoms with van der Waals surface area (Å²) in [6.45, 7) is 0.585. The van der Waals surface area contributed by atoms with Gasteiger partial charge in [0.1, 0.15) is 6.61 Å². The molecule has 0 aromatic heterocycles. The van der Waals surface area contributed by atoms with Gasteiger partial charge in [-0.2, -0.15) is 36.9 Å². The highest BCUT2D eigenvalue weighted by Gasteiger charge is 2.35. The van der Waals surface area contributed by atoms with Gasteiger partial charge >= 0.3 is 18.4 Å². The molecule has 0 unspecified atom stereocenters. The van der Waals surface area contributed by atoms with Crippen molar-refractivity contribution in [1.82, 2.24) is 5.01 Å². The Kier molecular flexibility index (Phi) is 7.44. The van der Waals surface area contributed by atoms with E-state index in [9.17, 15) is 31.1 Å². The number of hydrogen-bond donors (Lipinski definition) is 2. The third-order valence-corrected chi connectivity index (χ3v) is 4.18. The SMILES string of the molecule is C/C(=N/OCc1c(NC(=O)N(C)N=N)cccc1C(F)(F)F)c1cccc(C(F)(F)F)c1. The van der Waals surface area contributed by atoms with Crippen LogP contribution in [0.5, 0.6) is 0 Å². The van der Waals surface area contributed by atoms with Crippen molar-refractivity contribution in [3.63, 3.8) is 0 Å². The average molecular weight is 461 g/mol. The van der Waals surface area contributed by atoms with Crippen LogP contribution < -0.4 is 5.32 Å². The number of carbonyl (C=O) groups is 1. The predicted octanol–water partition coefficient (Wildman–Crippen LogP) is 6.07. The standard InChI is InChI=1S/C19H17F6N5O2/c1-11(12-5-3-6-13(9-12)18(20,21)22)28-32-10-14-15(19(23,24)25)7-4-8-16(14)27-17(31)30(2)29-26/h3-9,26H,10H2,1-2H3,(H,27,31)/b28-11-,29-26?. The fourth-order valence-electron chi connectivity index (χ4n) is 2.53. The van der Waals surface area contributed by atoms with Gasteiger partial charge in [0, 0.05) is 18.3 Å². The van der Waals surface area contributed by atoms with E-state index in [0.717, 1.165) is 37.4 Å². The monoisotopic (exact) mass is 461 g/mol. The first kappa shape index (κ1) is 24.6. The van der Waals surface area contributed by atoms with E-state index < -0.39 is 41.7 Å². The lowest BCUT2D eigenvalue weighted by molar-refractivity contribution is -0.139. The summed E-state index contributed by atoms with van der Waals surface area (Å²) in [7, 11) is 1.12. The first-order valence-corrected chi connectivity index (χ1v) is 8.80. The number of urea groups is 1. The minimum Gasteiger partial charge on any atom is -0.391 e. The van der Waals surface area contributed by atoms with Crippen molar-refractivity contribution in [3.8, 4) is 0 Å². The summed E-state index contributed by atoms with van der Waals surface area (Å²) in [4.78, 5) is 16.9. The van der Waals surface area contributed by atoms with Crippen LogP contribution in [0, 0.1) is 5.53 Å². The van der Waals surface area contributed by atoms with Crippen LogP contribution in [0.2, 0.25) is 0 Å². The normalized spacial score (nSPS) is 12.3. The maximum absolute atomic E-state index is 13.4. The van der Waals surface area contributed by atoms with Crippen molar-refractivity contribution in [2.45, 2.75) is 25.9 Å². The Morgan fingerprint density at radius 2 is 1.75 bits per heavy atom. The van der Waals surface area contributed by atoms with E-state index in [1.54, 1.807) is 0 Å². The molecular formula is C19H17F6N5O2. The van der Waals surface area contributed by atoms with Gasteiger partial charge in [-0.05, 0) is 36.8 Å². The molecule has 0 bridgehead atoms. The second-order valence-electron chi connectivity index (χ2n) is 6.41. The Morgan fingerprint density at radius 1 is 1.09 bits per heavy atom. The van der Waals surface area contributed by atoms with Crippen molar-refractivity contribution >= 4 is 17.4 Å². The average Bonchev–Trinajstić information content (AvgIpc) is 2.72. The lowest BCUT2D eigenvalue weighted by Gasteiger charge is -2.18. The predicted molar refractivity (Wildman–Crippen MR) is 102 cm³/mol. The number of carbonyl (C=O) groups excluding carboxylic acids is 1. The van der Waals surface area contributed by atoms with Crippen molar-refractivity contribution in [2.75, 3.05) is 12.4 Å². The van der Waals surface area contributed by atoms with Gasteiger partial charge in [0.15, 0.2) is 0 Å². The zero-order chi connectivity index (χ0) is 24.1. The second-order valence-corrected chi connectivity index (χ2v) is 6.41. The summed E-state index contributed by atoms with van der Waals surface area (Å²) in [6.07, 6.45) is -9.36. The summed E-state index contributed by atoms with van der Waals surface area (Å²) < 4.78 is 78.9. The Hall–Kier alpha value is -3.64. The molecule has 0 aliphatic rings. The smallest absolute Gasteiger partial charge is 0.391 e. The molecule has 0 heterocycles. The van der Waals surface area contributed by atoms with Crippen LogP contribution in [0.15, 0.2) is 52.8 Å². The number of oxime groups is 1. The Bertz CT molecular complexity index is 1020. The molecule has 0 spiro atoms. The number of anilines is 1. The number of hydrogen-bond acceptors (Lipinski definition) is 5. The number of halogens is 6. The van der Waals surface area contributed by atoms with Crippen molar-refractivity contribution in [3.05, 3.63) is 64.7 Å². The zero-order valence-corrected chi connectivity index (χ0v) is 16.7. The molecule has 2 amide bonds. The van der Waals surface area contributed by atoms with Crippen LogP contribution in [-0.4, -0.2) is 23.8 Å². The maximum atomic E-state index is 13.4. The summed E-state index contributed by atoms with van der Waals surface area (Å²) in [5.74, 6) is 0. The summed E-state index contributed by atoms with van der Waals surface area (Å²) in [6, 6.07) is 6.26. The molecule has 0 radical (unpaired) electrons. The molecule has 7 nitrogen and oxygen atoms in total. The lowest BCUT2D eigenvalue weighted by Crippen LogP contribution is -2.27. The molecule has 172 valence electrons. The highest BCUT2D eigenvalue weighted by atomic mass is 19.4. The van der Waals surface area contributed by atoms with Crippen LogP contribution in [0.4, 0.5) is 36.8 Å². The number of amides is 2. The van der Waals surface area contributed by atoms with Crippen LogP contribution in [-0.2, 0) is 23.8 Å². The largest absolute Gasteiger partial charge is 0.416 e. The minimum absolute atomic E-state index is 0.00100. The molecule has 2 aromatic rings. The highest BCUT2D eigenvalue weighted by Crippen LogP contribution is 2.36.